The van der Waals surface area contributed by atoms with Crippen LogP contribution in [0.4, 0.5) is 28.9 Å². The monoisotopic (exact) mass is 487 g/mol. The van der Waals surface area contributed by atoms with Gasteiger partial charge in [-0.05, 0) is 42.5 Å². The fourth-order valence-corrected chi connectivity index (χ4v) is 3.21. The summed E-state index contributed by atoms with van der Waals surface area (Å²) in [5.74, 6) is -1.71. The summed E-state index contributed by atoms with van der Waals surface area (Å²) in [6, 6.07) is 11.7. The van der Waals surface area contributed by atoms with Crippen LogP contribution in [0.25, 0.3) is 11.3 Å². The first-order valence-electron chi connectivity index (χ1n) is 10.3. The number of halogens is 4. The van der Waals surface area contributed by atoms with Gasteiger partial charge in [-0.2, -0.15) is 13.2 Å². The number of nitrogens with zero attached hydrogens (tertiary/aromatic N) is 1. The summed E-state index contributed by atoms with van der Waals surface area (Å²) >= 11 is 0. The van der Waals surface area contributed by atoms with Crippen LogP contribution in [0.3, 0.4) is 0 Å². The second kappa shape index (κ2) is 9.84. The maximum atomic E-state index is 13.9. The van der Waals surface area contributed by atoms with Crippen LogP contribution < -0.4 is 10.6 Å². The largest absolute Gasteiger partial charge is 0.459 e. The molecule has 0 atom stereocenters. The number of hydrogen-bond donors (Lipinski definition) is 2. The first kappa shape index (κ1) is 23.7. The molecule has 0 saturated carbocycles. The minimum Gasteiger partial charge on any atom is -0.459 e. The molecule has 180 valence electrons. The van der Waals surface area contributed by atoms with E-state index in [0.29, 0.717) is 6.07 Å². The SMILES string of the molecule is O=C(CCc1ncc(-c2ccccc2F)o1)Nc1ccc(NC(=O)c2ccco2)cc1C(F)(F)F. The minimum atomic E-state index is -4.80. The second-order valence-electron chi connectivity index (χ2n) is 7.34. The van der Waals surface area contributed by atoms with Crippen molar-refractivity contribution in [1.29, 1.82) is 0 Å². The van der Waals surface area contributed by atoms with E-state index in [0.717, 1.165) is 6.07 Å². The van der Waals surface area contributed by atoms with Gasteiger partial charge in [0.25, 0.3) is 5.91 Å². The van der Waals surface area contributed by atoms with Gasteiger partial charge in [0.2, 0.25) is 5.91 Å². The molecule has 2 amide bonds. The lowest BCUT2D eigenvalue weighted by atomic mass is 10.1. The summed E-state index contributed by atoms with van der Waals surface area (Å²) in [7, 11) is 0. The Morgan fingerprint density at radius 2 is 1.80 bits per heavy atom. The molecule has 0 spiro atoms. The quantitative estimate of drug-likeness (QED) is 0.316. The van der Waals surface area contributed by atoms with Crippen LogP contribution in [0, 0.1) is 5.82 Å². The highest BCUT2D eigenvalue weighted by Gasteiger charge is 2.34. The number of oxazole rings is 1. The molecule has 2 N–H and O–H groups in total. The lowest BCUT2D eigenvalue weighted by molar-refractivity contribution is -0.136. The van der Waals surface area contributed by atoms with E-state index in [9.17, 15) is 27.2 Å². The number of amides is 2. The molecule has 0 saturated heterocycles. The Labute approximate surface area is 195 Å². The number of rotatable bonds is 7. The highest BCUT2D eigenvalue weighted by molar-refractivity contribution is 6.02. The molecule has 4 aromatic rings. The molecule has 0 aliphatic carbocycles. The number of aromatic nitrogens is 1. The summed E-state index contributed by atoms with van der Waals surface area (Å²) in [6.45, 7) is 0. The van der Waals surface area contributed by atoms with Crippen molar-refractivity contribution in [3.63, 3.8) is 0 Å². The number of alkyl halides is 3. The van der Waals surface area contributed by atoms with E-state index in [1.165, 1.54) is 48.9 Å². The first-order valence-corrected chi connectivity index (χ1v) is 10.3. The number of nitrogens with one attached hydrogen (secondary N) is 2. The van der Waals surface area contributed by atoms with Gasteiger partial charge in [-0.15, -0.1) is 0 Å². The highest BCUT2D eigenvalue weighted by atomic mass is 19.4. The standard InChI is InChI=1S/C24H17F4N3O4/c25-17-5-2-1-4-15(17)20-13-29-22(35-20)10-9-21(32)31-18-8-7-14(12-16(18)24(26,27)28)30-23(33)19-6-3-11-34-19/h1-8,11-13H,9-10H2,(H,30,33)(H,31,32). The van der Waals surface area contributed by atoms with Crippen LogP contribution in [-0.4, -0.2) is 16.8 Å². The van der Waals surface area contributed by atoms with E-state index in [1.54, 1.807) is 6.07 Å². The molecule has 0 fully saturated rings. The Bertz CT molecular complexity index is 1350. The van der Waals surface area contributed by atoms with Gasteiger partial charge >= 0.3 is 6.18 Å². The molecule has 0 unspecified atom stereocenters. The zero-order chi connectivity index (χ0) is 25.0. The molecule has 35 heavy (non-hydrogen) atoms. The average molecular weight is 487 g/mol. The Morgan fingerprint density at radius 1 is 1.00 bits per heavy atom. The number of carbonyl (C=O) groups excluding carboxylic acids is 2. The lowest BCUT2D eigenvalue weighted by Crippen LogP contribution is -2.18. The fourth-order valence-electron chi connectivity index (χ4n) is 3.21. The van der Waals surface area contributed by atoms with Crippen LogP contribution in [0.2, 0.25) is 0 Å². The van der Waals surface area contributed by atoms with Crippen molar-refractivity contribution in [3.05, 3.63) is 90.1 Å². The molecule has 0 radical (unpaired) electrons. The van der Waals surface area contributed by atoms with Crippen molar-refractivity contribution in [2.24, 2.45) is 0 Å². The van der Waals surface area contributed by atoms with E-state index >= 15 is 0 Å². The highest BCUT2D eigenvalue weighted by Crippen LogP contribution is 2.37. The van der Waals surface area contributed by atoms with Crippen LogP contribution >= 0.6 is 0 Å². The van der Waals surface area contributed by atoms with Crippen molar-refractivity contribution in [3.8, 4) is 11.3 Å². The van der Waals surface area contributed by atoms with Crippen molar-refractivity contribution >= 4 is 23.2 Å². The second-order valence-corrected chi connectivity index (χ2v) is 7.34. The summed E-state index contributed by atoms with van der Waals surface area (Å²) in [4.78, 5) is 28.4. The maximum absolute atomic E-state index is 13.9. The van der Waals surface area contributed by atoms with Gasteiger partial charge in [0.05, 0.1) is 29.3 Å². The van der Waals surface area contributed by atoms with E-state index in [1.807, 2.05) is 0 Å². The summed E-state index contributed by atoms with van der Waals surface area (Å²) in [6.07, 6.45) is -2.48. The number of furan rings is 1. The molecule has 2 aromatic carbocycles. The predicted octanol–water partition coefficient (Wildman–Crippen LogP) is 5.92. The van der Waals surface area contributed by atoms with Crippen molar-refractivity contribution in [1.82, 2.24) is 4.98 Å². The lowest BCUT2D eigenvalue weighted by Gasteiger charge is -2.15. The van der Waals surface area contributed by atoms with E-state index < -0.39 is 35.1 Å². The molecule has 11 heteroatoms. The van der Waals surface area contributed by atoms with Gasteiger partial charge in [0.15, 0.2) is 17.4 Å². The predicted molar refractivity (Wildman–Crippen MR) is 117 cm³/mol. The van der Waals surface area contributed by atoms with Crippen molar-refractivity contribution in [2.75, 3.05) is 10.6 Å². The number of benzene rings is 2. The van der Waals surface area contributed by atoms with E-state index in [2.05, 4.69) is 15.6 Å². The maximum Gasteiger partial charge on any atom is 0.418 e. The van der Waals surface area contributed by atoms with Crippen LogP contribution in [0.15, 0.2) is 75.9 Å². The van der Waals surface area contributed by atoms with Gasteiger partial charge < -0.3 is 19.5 Å². The molecule has 0 aliphatic heterocycles. The van der Waals surface area contributed by atoms with Crippen LogP contribution in [0.5, 0.6) is 0 Å². The number of hydrogen-bond acceptors (Lipinski definition) is 5. The number of carbonyl (C=O) groups is 2. The smallest absolute Gasteiger partial charge is 0.418 e. The molecule has 2 heterocycles. The average Bonchev–Trinajstić information content (AvgIpc) is 3.51. The molecular weight excluding hydrogens is 470 g/mol. The third kappa shape index (κ3) is 5.75. The number of aryl methyl sites for hydroxylation is 1. The first-order chi connectivity index (χ1) is 16.7. The van der Waals surface area contributed by atoms with Gasteiger partial charge in [0, 0.05) is 18.5 Å². The van der Waals surface area contributed by atoms with Gasteiger partial charge in [0.1, 0.15) is 5.82 Å². The molecule has 0 bridgehead atoms. The van der Waals surface area contributed by atoms with Gasteiger partial charge in [-0.25, -0.2) is 9.37 Å². The Balaban J connectivity index is 1.42. The van der Waals surface area contributed by atoms with E-state index in [-0.39, 0.29) is 41.5 Å². The Morgan fingerprint density at radius 3 is 2.51 bits per heavy atom. The Kier molecular flexibility index (Phi) is 6.67. The molecule has 4 rings (SSSR count). The number of anilines is 2. The summed E-state index contributed by atoms with van der Waals surface area (Å²) < 4.78 is 65.0. The third-order valence-electron chi connectivity index (χ3n) is 4.86. The van der Waals surface area contributed by atoms with Gasteiger partial charge in [-0.1, -0.05) is 12.1 Å². The van der Waals surface area contributed by atoms with E-state index in [4.69, 9.17) is 8.83 Å². The molecule has 7 nitrogen and oxygen atoms in total. The minimum absolute atomic E-state index is 0.0150. The summed E-state index contributed by atoms with van der Waals surface area (Å²) in [5.41, 5.74) is -1.54. The zero-order valence-corrected chi connectivity index (χ0v) is 17.9. The summed E-state index contributed by atoms with van der Waals surface area (Å²) in [5, 5.41) is 4.53. The van der Waals surface area contributed by atoms with Gasteiger partial charge in [-0.3, -0.25) is 9.59 Å². The fraction of sp³-hybridized carbons (Fsp3) is 0.125. The van der Waals surface area contributed by atoms with Crippen molar-refractivity contribution in [2.45, 2.75) is 19.0 Å². The molecule has 0 aliphatic rings. The third-order valence-corrected chi connectivity index (χ3v) is 4.86. The van der Waals surface area contributed by atoms with Crippen molar-refractivity contribution < 1.29 is 36.0 Å². The molecular formula is C24H17F4N3O4. The molecule has 2 aromatic heterocycles. The topological polar surface area (TPSA) is 97.4 Å². The van der Waals surface area contributed by atoms with Crippen LogP contribution in [0.1, 0.15) is 28.4 Å². The zero-order valence-electron chi connectivity index (χ0n) is 17.9. The Hall–Kier alpha value is -4.41. The van der Waals surface area contributed by atoms with Crippen LogP contribution in [-0.2, 0) is 17.4 Å². The normalized spacial score (nSPS) is 11.3.